The molecular formula is C23H24N4O3. The van der Waals surface area contributed by atoms with Gasteiger partial charge in [-0.25, -0.2) is 9.67 Å². The molecule has 1 amide bonds. The summed E-state index contributed by atoms with van der Waals surface area (Å²) in [6.45, 7) is 8.27. The number of carbonyl (C=O) groups excluding carboxylic acids is 1. The molecule has 154 valence electrons. The first-order chi connectivity index (χ1) is 14.5. The van der Waals surface area contributed by atoms with Crippen molar-refractivity contribution in [1.82, 2.24) is 20.1 Å². The van der Waals surface area contributed by atoms with Gasteiger partial charge in [-0.1, -0.05) is 12.1 Å². The Bertz CT molecular complexity index is 1190. The monoisotopic (exact) mass is 404 g/mol. The predicted octanol–water partition coefficient (Wildman–Crippen LogP) is 4.52. The molecule has 1 atom stereocenters. The highest BCUT2D eigenvalue weighted by molar-refractivity contribution is 5.94. The molecule has 4 rings (SSSR count). The molecule has 3 aromatic heterocycles. The number of hydrogen-bond acceptors (Lipinski definition) is 5. The Morgan fingerprint density at radius 2 is 2.07 bits per heavy atom. The number of fused-ring (bicyclic) bond motifs is 1. The van der Waals surface area contributed by atoms with E-state index in [0.29, 0.717) is 35.1 Å². The maximum atomic E-state index is 12.7. The Hall–Kier alpha value is -3.61. The minimum Gasteiger partial charge on any atom is -0.490 e. The molecule has 7 nitrogen and oxygen atoms in total. The van der Waals surface area contributed by atoms with Crippen molar-refractivity contribution in [3.05, 3.63) is 71.4 Å². The van der Waals surface area contributed by atoms with Crippen LogP contribution in [0, 0.1) is 13.8 Å². The van der Waals surface area contributed by atoms with Gasteiger partial charge in [0.1, 0.15) is 5.76 Å². The first-order valence-electron chi connectivity index (χ1n) is 9.92. The van der Waals surface area contributed by atoms with E-state index in [1.54, 1.807) is 23.0 Å². The Balaban J connectivity index is 1.50. The summed E-state index contributed by atoms with van der Waals surface area (Å²) in [6.07, 6.45) is 1.56. The lowest BCUT2D eigenvalue weighted by molar-refractivity contribution is 0.0935. The van der Waals surface area contributed by atoms with Crippen molar-refractivity contribution in [2.45, 2.75) is 33.7 Å². The lowest BCUT2D eigenvalue weighted by Crippen LogP contribution is -2.26. The summed E-state index contributed by atoms with van der Waals surface area (Å²) in [4.78, 5) is 17.1. The van der Waals surface area contributed by atoms with Gasteiger partial charge >= 0.3 is 0 Å². The average molecular weight is 404 g/mol. The first kappa shape index (κ1) is 19.7. The number of furan rings is 1. The number of amides is 1. The second-order valence-electron chi connectivity index (χ2n) is 7.20. The van der Waals surface area contributed by atoms with Crippen LogP contribution in [-0.2, 0) is 0 Å². The van der Waals surface area contributed by atoms with E-state index >= 15 is 0 Å². The smallest absolute Gasteiger partial charge is 0.253 e. The molecule has 0 fully saturated rings. The molecule has 1 aromatic carbocycles. The molecule has 1 N–H and O–H groups in total. The zero-order valence-corrected chi connectivity index (χ0v) is 17.5. The van der Waals surface area contributed by atoms with Crippen molar-refractivity contribution in [3.63, 3.8) is 0 Å². The fourth-order valence-corrected chi connectivity index (χ4v) is 3.40. The van der Waals surface area contributed by atoms with Crippen LogP contribution >= 0.6 is 0 Å². The summed E-state index contributed by atoms with van der Waals surface area (Å²) in [7, 11) is 0. The van der Waals surface area contributed by atoms with E-state index in [4.69, 9.17) is 9.15 Å². The van der Waals surface area contributed by atoms with E-state index in [1.807, 2.05) is 58.0 Å². The molecule has 0 aliphatic rings. The number of hydrogen-bond donors (Lipinski definition) is 1. The van der Waals surface area contributed by atoms with Crippen LogP contribution in [0.25, 0.3) is 16.8 Å². The number of pyridine rings is 1. The van der Waals surface area contributed by atoms with Crippen LogP contribution in [0.4, 0.5) is 0 Å². The van der Waals surface area contributed by atoms with Gasteiger partial charge in [0.15, 0.2) is 17.2 Å². The number of aromatic nitrogens is 3. The van der Waals surface area contributed by atoms with Gasteiger partial charge in [0, 0.05) is 17.3 Å². The summed E-state index contributed by atoms with van der Waals surface area (Å²) in [5, 5.41) is 8.32. The van der Waals surface area contributed by atoms with Crippen LogP contribution in [0.1, 0.15) is 47.4 Å². The molecule has 0 aliphatic carbocycles. The zero-order valence-electron chi connectivity index (χ0n) is 17.5. The van der Waals surface area contributed by atoms with E-state index in [0.717, 1.165) is 16.8 Å². The third-order valence-corrected chi connectivity index (χ3v) is 4.84. The van der Waals surface area contributed by atoms with Crippen molar-refractivity contribution in [1.29, 1.82) is 0 Å². The molecule has 7 heteroatoms. The van der Waals surface area contributed by atoms with Crippen molar-refractivity contribution < 1.29 is 13.9 Å². The van der Waals surface area contributed by atoms with E-state index in [-0.39, 0.29) is 11.9 Å². The third kappa shape index (κ3) is 3.78. The summed E-state index contributed by atoms with van der Waals surface area (Å²) >= 11 is 0. The van der Waals surface area contributed by atoms with E-state index in [1.165, 1.54) is 0 Å². The van der Waals surface area contributed by atoms with Gasteiger partial charge in [-0.3, -0.25) is 4.79 Å². The van der Waals surface area contributed by atoms with Gasteiger partial charge in [-0.15, -0.1) is 0 Å². The lowest BCUT2D eigenvalue weighted by atomic mass is 10.2. The van der Waals surface area contributed by atoms with Crippen LogP contribution in [0.15, 0.2) is 53.1 Å². The van der Waals surface area contributed by atoms with Crippen molar-refractivity contribution in [3.8, 4) is 11.6 Å². The number of nitrogens with zero attached hydrogens (tertiary/aromatic N) is 3. The van der Waals surface area contributed by atoms with Crippen LogP contribution in [0.3, 0.4) is 0 Å². The number of ether oxygens (including phenoxy) is 1. The van der Waals surface area contributed by atoms with Crippen LogP contribution < -0.4 is 10.1 Å². The Morgan fingerprint density at radius 1 is 1.23 bits per heavy atom. The Labute approximate surface area is 174 Å². The topological polar surface area (TPSA) is 82.2 Å². The molecule has 0 aliphatic heterocycles. The minimum atomic E-state index is -0.310. The Morgan fingerprint density at radius 3 is 2.73 bits per heavy atom. The number of nitrogens with one attached hydrogen (secondary N) is 1. The molecule has 0 saturated carbocycles. The third-order valence-electron chi connectivity index (χ3n) is 4.84. The standard InChI is InChI=1S/C23H24N4O3/c1-5-29-19-8-6-7-17-12-20(30-22(17)19)16(4)25-23(28)18-9-10-21(24-13-18)27-15(3)11-14(2)26-27/h6-13,16H,5H2,1-4H3,(H,25,28). The van der Waals surface area contributed by atoms with Gasteiger partial charge in [-0.05, 0) is 58.0 Å². The number of para-hydroxylation sites is 1. The molecule has 4 aromatic rings. The minimum absolute atomic E-state index is 0.222. The van der Waals surface area contributed by atoms with Crippen molar-refractivity contribution in [2.75, 3.05) is 6.61 Å². The van der Waals surface area contributed by atoms with E-state index < -0.39 is 0 Å². The van der Waals surface area contributed by atoms with E-state index in [2.05, 4.69) is 15.4 Å². The molecule has 0 bridgehead atoms. The highest BCUT2D eigenvalue weighted by Crippen LogP contribution is 2.31. The quantitative estimate of drug-likeness (QED) is 0.511. The molecule has 0 saturated heterocycles. The van der Waals surface area contributed by atoms with Crippen LogP contribution in [0.2, 0.25) is 0 Å². The zero-order chi connectivity index (χ0) is 21.3. The van der Waals surface area contributed by atoms with Crippen LogP contribution in [0.5, 0.6) is 5.75 Å². The van der Waals surface area contributed by atoms with Gasteiger partial charge in [0.25, 0.3) is 5.91 Å². The number of aryl methyl sites for hydroxylation is 2. The molecular weight excluding hydrogens is 380 g/mol. The predicted molar refractivity (Wildman–Crippen MR) is 114 cm³/mol. The number of carbonyl (C=O) groups is 1. The summed E-state index contributed by atoms with van der Waals surface area (Å²) in [6, 6.07) is 12.9. The van der Waals surface area contributed by atoms with Crippen molar-refractivity contribution >= 4 is 16.9 Å². The number of benzene rings is 1. The second kappa shape index (κ2) is 8.02. The number of rotatable bonds is 6. The second-order valence-corrected chi connectivity index (χ2v) is 7.20. The van der Waals surface area contributed by atoms with Gasteiger partial charge < -0.3 is 14.5 Å². The van der Waals surface area contributed by atoms with E-state index in [9.17, 15) is 4.79 Å². The molecule has 3 heterocycles. The Kier molecular flexibility index (Phi) is 5.27. The molecule has 0 spiro atoms. The summed E-state index contributed by atoms with van der Waals surface area (Å²) in [5.41, 5.74) is 3.06. The molecule has 30 heavy (non-hydrogen) atoms. The lowest BCUT2D eigenvalue weighted by Gasteiger charge is -2.12. The average Bonchev–Trinajstić information content (AvgIpc) is 3.32. The summed E-state index contributed by atoms with van der Waals surface area (Å²) in [5.74, 6) is 1.81. The maximum Gasteiger partial charge on any atom is 0.253 e. The van der Waals surface area contributed by atoms with Crippen molar-refractivity contribution in [2.24, 2.45) is 0 Å². The molecule has 1 unspecified atom stereocenters. The fraction of sp³-hybridized carbons (Fsp3) is 0.261. The maximum absolute atomic E-state index is 12.7. The largest absolute Gasteiger partial charge is 0.490 e. The highest BCUT2D eigenvalue weighted by atomic mass is 16.5. The first-order valence-corrected chi connectivity index (χ1v) is 9.92. The fourth-order valence-electron chi connectivity index (χ4n) is 3.40. The summed E-state index contributed by atoms with van der Waals surface area (Å²) < 4.78 is 13.4. The highest BCUT2D eigenvalue weighted by Gasteiger charge is 2.17. The van der Waals surface area contributed by atoms with Crippen LogP contribution in [-0.4, -0.2) is 27.3 Å². The van der Waals surface area contributed by atoms with Gasteiger partial charge in [0.05, 0.1) is 23.9 Å². The normalized spacial score (nSPS) is 12.1. The SMILES string of the molecule is CCOc1cccc2cc(C(C)NC(=O)c3ccc(-n4nc(C)cc4C)nc3)oc12. The molecule has 0 radical (unpaired) electrons. The van der Waals surface area contributed by atoms with Gasteiger partial charge in [0.2, 0.25) is 0 Å². The van der Waals surface area contributed by atoms with Gasteiger partial charge in [-0.2, -0.15) is 5.10 Å².